The van der Waals surface area contributed by atoms with Crippen molar-refractivity contribution in [3.63, 3.8) is 0 Å². The zero-order chi connectivity index (χ0) is 22.5. The molecule has 1 saturated carbocycles. The third-order valence-corrected chi connectivity index (χ3v) is 7.58. The van der Waals surface area contributed by atoms with E-state index < -0.39 is 10.0 Å². The summed E-state index contributed by atoms with van der Waals surface area (Å²) in [5.74, 6) is -0.142. The highest BCUT2D eigenvalue weighted by Crippen LogP contribution is 2.40. The summed E-state index contributed by atoms with van der Waals surface area (Å²) in [5.41, 5.74) is 1.98. The van der Waals surface area contributed by atoms with E-state index in [1.54, 1.807) is 26.0 Å². The Kier molecular flexibility index (Phi) is 7.51. The SMILES string of the molecule is CC(C)NS(=O)(=O)c1ccc(NC(=O)C(C)NCC2(c3ccccc3)CCCC2)cc1. The molecule has 2 aromatic rings. The minimum absolute atomic E-state index is 0.0786. The van der Waals surface area contributed by atoms with Gasteiger partial charge in [-0.25, -0.2) is 13.1 Å². The smallest absolute Gasteiger partial charge is 0.241 e. The Morgan fingerprint density at radius 1 is 0.968 bits per heavy atom. The molecule has 2 aromatic carbocycles. The molecule has 0 bridgehead atoms. The van der Waals surface area contributed by atoms with Gasteiger partial charge in [0.1, 0.15) is 0 Å². The first-order valence-electron chi connectivity index (χ1n) is 10.9. The van der Waals surface area contributed by atoms with Crippen molar-refractivity contribution in [2.45, 2.75) is 68.8 Å². The average molecular weight is 444 g/mol. The molecule has 1 fully saturated rings. The monoisotopic (exact) mass is 443 g/mol. The average Bonchev–Trinajstić information content (AvgIpc) is 3.22. The summed E-state index contributed by atoms with van der Waals surface area (Å²) < 4.78 is 27.0. The largest absolute Gasteiger partial charge is 0.325 e. The first kappa shape index (κ1) is 23.4. The van der Waals surface area contributed by atoms with Crippen LogP contribution in [0.3, 0.4) is 0 Å². The van der Waals surface area contributed by atoms with Crippen LogP contribution < -0.4 is 15.4 Å². The van der Waals surface area contributed by atoms with Gasteiger partial charge in [-0.1, -0.05) is 43.2 Å². The van der Waals surface area contributed by atoms with Gasteiger partial charge in [-0.2, -0.15) is 0 Å². The maximum absolute atomic E-state index is 12.7. The Balaban J connectivity index is 1.59. The van der Waals surface area contributed by atoms with E-state index >= 15 is 0 Å². The molecule has 0 aliphatic heterocycles. The molecule has 0 radical (unpaired) electrons. The maximum atomic E-state index is 12.7. The van der Waals surface area contributed by atoms with Crippen molar-refractivity contribution in [1.29, 1.82) is 0 Å². The zero-order valence-electron chi connectivity index (χ0n) is 18.5. The van der Waals surface area contributed by atoms with E-state index in [1.165, 1.54) is 30.5 Å². The summed E-state index contributed by atoms with van der Waals surface area (Å²) in [6, 6.07) is 16.2. The molecule has 1 aliphatic carbocycles. The highest BCUT2D eigenvalue weighted by atomic mass is 32.2. The summed E-state index contributed by atoms with van der Waals surface area (Å²) in [6.07, 6.45) is 4.66. The van der Waals surface area contributed by atoms with Crippen LogP contribution in [0, 0.1) is 0 Å². The van der Waals surface area contributed by atoms with Crippen LogP contribution in [0.2, 0.25) is 0 Å². The number of nitrogens with one attached hydrogen (secondary N) is 3. The quantitative estimate of drug-likeness (QED) is 0.550. The lowest BCUT2D eigenvalue weighted by Gasteiger charge is -2.31. The van der Waals surface area contributed by atoms with Crippen molar-refractivity contribution in [2.75, 3.05) is 11.9 Å². The Bertz CT molecular complexity index is 967. The van der Waals surface area contributed by atoms with Gasteiger partial charge in [0.25, 0.3) is 0 Å². The Hall–Kier alpha value is -2.22. The number of hydrogen-bond donors (Lipinski definition) is 3. The molecule has 7 heteroatoms. The maximum Gasteiger partial charge on any atom is 0.241 e. The lowest BCUT2D eigenvalue weighted by Crippen LogP contribution is -2.45. The molecule has 0 aromatic heterocycles. The molecule has 0 saturated heterocycles. The van der Waals surface area contributed by atoms with Crippen molar-refractivity contribution in [3.05, 3.63) is 60.2 Å². The van der Waals surface area contributed by atoms with E-state index in [4.69, 9.17) is 0 Å². The molecule has 1 unspecified atom stereocenters. The van der Waals surface area contributed by atoms with E-state index in [2.05, 4.69) is 39.6 Å². The van der Waals surface area contributed by atoms with Crippen LogP contribution in [0.1, 0.15) is 52.0 Å². The molecule has 1 aliphatic rings. The van der Waals surface area contributed by atoms with Gasteiger partial charge in [0.15, 0.2) is 0 Å². The van der Waals surface area contributed by atoms with E-state index in [1.807, 2.05) is 13.0 Å². The number of amides is 1. The van der Waals surface area contributed by atoms with Crippen LogP contribution >= 0.6 is 0 Å². The number of benzene rings is 2. The van der Waals surface area contributed by atoms with Crippen LogP contribution in [0.15, 0.2) is 59.5 Å². The van der Waals surface area contributed by atoms with Gasteiger partial charge in [0.2, 0.25) is 15.9 Å². The van der Waals surface area contributed by atoms with Crippen LogP contribution in [-0.4, -0.2) is 33.0 Å². The predicted molar refractivity (Wildman–Crippen MR) is 125 cm³/mol. The first-order chi connectivity index (χ1) is 14.7. The second-order valence-electron chi connectivity index (χ2n) is 8.75. The Labute approximate surface area is 185 Å². The molecular weight excluding hydrogens is 410 g/mol. The molecule has 31 heavy (non-hydrogen) atoms. The fourth-order valence-electron chi connectivity index (χ4n) is 4.20. The fraction of sp³-hybridized carbons (Fsp3) is 0.458. The lowest BCUT2D eigenvalue weighted by atomic mass is 9.78. The zero-order valence-corrected chi connectivity index (χ0v) is 19.3. The lowest BCUT2D eigenvalue weighted by molar-refractivity contribution is -0.117. The number of carbonyl (C=O) groups excluding carboxylic acids is 1. The molecule has 0 heterocycles. The molecule has 3 N–H and O–H groups in total. The number of carbonyl (C=O) groups is 1. The standard InChI is InChI=1S/C24H33N3O3S/c1-18(2)27-31(29,30)22-13-11-21(12-14-22)26-23(28)19(3)25-17-24(15-7-8-16-24)20-9-5-4-6-10-20/h4-6,9-14,18-19,25,27H,7-8,15-17H2,1-3H3,(H,26,28). The Morgan fingerprint density at radius 3 is 2.16 bits per heavy atom. The van der Waals surface area contributed by atoms with Gasteiger partial charge >= 0.3 is 0 Å². The number of rotatable bonds is 9. The fourth-order valence-corrected chi connectivity index (χ4v) is 5.45. The van der Waals surface area contributed by atoms with Gasteiger partial charge < -0.3 is 10.6 Å². The van der Waals surface area contributed by atoms with Crippen LogP contribution in [0.4, 0.5) is 5.69 Å². The predicted octanol–water partition coefficient (Wildman–Crippen LogP) is 3.80. The second kappa shape index (κ2) is 9.94. The van der Waals surface area contributed by atoms with Gasteiger partial charge in [0.05, 0.1) is 10.9 Å². The summed E-state index contributed by atoms with van der Waals surface area (Å²) >= 11 is 0. The molecular formula is C24H33N3O3S. The highest BCUT2D eigenvalue weighted by molar-refractivity contribution is 7.89. The third kappa shape index (κ3) is 5.93. The molecule has 1 amide bonds. The Morgan fingerprint density at radius 2 is 1.58 bits per heavy atom. The van der Waals surface area contributed by atoms with Crippen LogP contribution in [0.25, 0.3) is 0 Å². The number of hydrogen-bond acceptors (Lipinski definition) is 4. The summed E-state index contributed by atoms with van der Waals surface area (Å²) in [7, 11) is -3.55. The normalized spacial score (nSPS) is 16.9. The molecule has 6 nitrogen and oxygen atoms in total. The minimum atomic E-state index is -3.55. The van der Waals surface area contributed by atoms with E-state index in [0.717, 1.165) is 19.4 Å². The summed E-state index contributed by atoms with van der Waals surface area (Å²) in [5, 5.41) is 6.30. The van der Waals surface area contributed by atoms with E-state index in [-0.39, 0.29) is 28.3 Å². The topological polar surface area (TPSA) is 87.3 Å². The summed E-state index contributed by atoms with van der Waals surface area (Å²) in [4.78, 5) is 12.9. The van der Waals surface area contributed by atoms with Gasteiger partial charge in [-0.3, -0.25) is 4.79 Å². The first-order valence-corrected chi connectivity index (χ1v) is 12.4. The van der Waals surface area contributed by atoms with Gasteiger partial charge in [0, 0.05) is 23.7 Å². The molecule has 3 rings (SSSR count). The van der Waals surface area contributed by atoms with Crippen molar-refractivity contribution in [1.82, 2.24) is 10.0 Å². The molecule has 168 valence electrons. The van der Waals surface area contributed by atoms with E-state index in [9.17, 15) is 13.2 Å². The molecule has 0 spiro atoms. The van der Waals surface area contributed by atoms with Gasteiger partial charge in [-0.15, -0.1) is 0 Å². The minimum Gasteiger partial charge on any atom is -0.325 e. The summed E-state index contributed by atoms with van der Waals surface area (Å²) in [6.45, 7) is 6.15. The van der Waals surface area contributed by atoms with Crippen molar-refractivity contribution in [2.24, 2.45) is 0 Å². The van der Waals surface area contributed by atoms with Crippen LogP contribution in [-0.2, 0) is 20.2 Å². The van der Waals surface area contributed by atoms with Crippen molar-refractivity contribution in [3.8, 4) is 0 Å². The van der Waals surface area contributed by atoms with Crippen LogP contribution in [0.5, 0.6) is 0 Å². The molecule has 1 atom stereocenters. The third-order valence-electron chi connectivity index (χ3n) is 5.91. The van der Waals surface area contributed by atoms with Gasteiger partial charge in [-0.05, 0) is 63.4 Å². The highest BCUT2D eigenvalue weighted by Gasteiger charge is 2.35. The van der Waals surface area contributed by atoms with E-state index in [0.29, 0.717) is 5.69 Å². The number of sulfonamides is 1. The second-order valence-corrected chi connectivity index (χ2v) is 10.5. The van der Waals surface area contributed by atoms with Crippen molar-refractivity contribution < 1.29 is 13.2 Å². The number of anilines is 1. The van der Waals surface area contributed by atoms with Crippen molar-refractivity contribution >= 4 is 21.6 Å².